The van der Waals surface area contributed by atoms with E-state index in [1.165, 1.54) is 0 Å². The molecule has 2 amide bonds. The molecule has 1 fully saturated rings. The minimum atomic E-state index is -0.108. The van der Waals surface area contributed by atoms with Crippen molar-refractivity contribution in [3.05, 3.63) is 35.4 Å². The smallest absolute Gasteiger partial charge is 0.251 e. The van der Waals surface area contributed by atoms with Crippen LogP contribution in [0.5, 0.6) is 0 Å². The maximum Gasteiger partial charge on any atom is 0.251 e. The van der Waals surface area contributed by atoms with Gasteiger partial charge in [0.1, 0.15) is 0 Å². The van der Waals surface area contributed by atoms with E-state index in [0.29, 0.717) is 24.2 Å². The van der Waals surface area contributed by atoms with Gasteiger partial charge < -0.3 is 20.9 Å². The van der Waals surface area contributed by atoms with E-state index in [1.807, 2.05) is 0 Å². The zero-order chi connectivity index (χ0) is 19.0. The zero-order valence-corrected chi connectivity index (χ0v) is 16.2. The lowest BCUT2D eigenvalue weighted by atomic mass is 9.97. The number of hydrogen-bond donors (Lipinski definition) is 3. The number of carbonyl (C=O) groups excluding carboxylic acids is 2. The number of nitrogens with one attached hydrogen (secondary N) is 3. The Kier molecular flexibility index (Phi) is 7.60. The lowest BCUT2D eigenvalue weighted by Crippen LogP contribution is -2.44. The molecule has 0 radical (unpaired) electrons. The Labute approximate surface area is 156 Å². The molecule has 3 N–H and O–H groups in total. The predicted octanol–water partition coefficient (Wildman–Crippen LogP) is 1.49. The van der Waals surface area contributed by atoms with Crippen LogP contribution in [-0.2, 0) is 0 Å². The molecule has 0 spiro atoms. The Morgan fingerprint density at radius 1 is 1.00 bits per heavy atom. The highest BCUT2D eigenvalue weighted by atomic mass is 16.2. The largest absolute Gasteiger partial charge is 0.352 e. The van der Waals surface area contributed by atoms with Gasteiger partial charge in [0, 0.05) is 50.4 Å². The van der Waals surface area contributed by atoms with Gasteiger partial charge in [0.05, 0.1) is 0 Å². The molecular weight excluding hydrogens is 328 g/mol. The molecule has 0 aromatic heterocycles. The van der Waals surface area contributed by atoms with Crippen LogP contribution in [0.15, 0.2) is 24.3 Å². The molecule has 0 atom stereocenters. The molecule has 1 aromatic carbocycles. The lowest BCUT2D eigenvalue weighted by molar-refractivity contribution is 0.0932. The molecule has 0 bridgehead atoms. The van der Waals surface area contributed by atoms with Crippen molar-refractivity contribution in [2.24, 2.45) is 5.41 Å². The van der Waals surface area contributed by atoms with Gasteiger partial charge in [-0.15, -0.1) is 0 Å². The van der Waals surface area contributed by atoms with Crippen molar-refractivity contribution < 1.29 is 9.59 Å². The minimum absolute atomic E-state index is 0.0419. The molecule has 1 saturated heterocycles. The van der Waals surface area contributed by atoms with Gasteiger partial charge in [-0.25, -0.2) is 0 Å². The molecule has 0 saturated carbocycles. The van der Waals surface area contributed by atoms with Crippen LogP contribution in [0.4, 0.5) is 0 Å². The zero-order valence-electron chi connectivity index (χ0n) is 16.2. The fourth-order valence-corrected chi connectivity index (χ4v) is 2.76. The van der Waals surface area contributed by atoms with Crippen molar-refractivity contribution in [2.75, 3.05) is 45.8 Å². The van der Waals surface area contributed by atoms with Crippen LogP contribution in [0.2, 0.25) is 0 Å². The Morgan fingerprint density at radius 2 is 1.54 bits per heavy atom. The van der Waals surface area contributed by atoms with E-state index in [4.69, 9.17) is 0 Å². The average molecular weight is 361 g/mol. The lowest BCUT2D eigenvalue weighted by Gasteiger charge is -2.27. The van der Waals surface area contributed by atoms with Crippen molar-refractivity contribution in [2.45, 2.75) is 27.2 Å². The fourth-order valence-electron chi connectivity index (χ4n) is 2.76. The van der Waals surface area contributed by atoms with E-state index in [9.17, 15) is 9.59 Å². The molecule has 6 nitrogen and oxygen atoms in total. The number of amides is 2. The third-order valence-corrected chi connectivity index (χ3v) is 4.33. The molecule has 1 aromatic rings. The minimum Gasteiger partial charge on any atom is -0.352 e. The maximum atomic E-state index is 12.2. The van der Waals surface area contributed by atoms with Crippen molar-refractivity contribution in [1.82, 2.24) is 20.9 Å². The third-order valence-electron chi connectivity index (χ3n) is 4.33. The van der Waals surface area contributed by atoms with Crippen LogP contribution in [0.25, 0.3) is 0 Å². The molecule has 26 heavy (non-hydrogen) atoms. The van der Waals surface area contributed by atoms with E-state index in [1.54, 1.807) is 24.3 Å². The Balaban J connectivity index is 1.72. The molecule has 6 heteroatoms. The van der Waals surface area contributed by atoms with Gasteiger partial charge in [0.25, 0.3) is 11.8 Å². The van der Waals surface area contributed by atoms with Crippen LogP contribution < -0.4 is 16.0 Å². The SMILES string of the molecule is CC(C)(C)CNC(=O)c1ccc(C(=O)NCCCN2CCNCC2)cc1. The standard InChI is InChI=1S/C20H32N4O2/c1-20(2,3)15-23-19(26)17-7-5-16(6-8-17)18(25)22-9-4-12-24-13-10-21-11-14-24/h5-8,21H,4,9-15H2,1-3H3,(H,22,25)(H,23,26). The summed E-state index contributed by atoms with van der Waals surface area (Å²) in [5.74, 6) is -0.199. The number of hydrogen-bond acceptors (Lipinski definition) is 4. The van der Waals surface area contributed by atoms with E-state index in [0.717, 1.165) is 39.1 Å². The highest BCUT2D eigenvalue weighted by Crippen LogP contribution is 2.11. The normalized spacial score (nSPS) is 15.5. The van der Waals surface area contributed by atoms with Crippen LogP contribution in [-0.4, -0.2) is 62.5 Å². The Morgan fingerprint density at radius 3 is 2.08 bits per heavy atom. The van der Waals surface area contributed by atoms with E-state index >= 15 is 0 Å². The van der Waals surface area contributed by atoms with Gasteiger partial charge in [-0.2, -0.15) is 0 Å². The quantitative estimate of drug-likeness (QED) is 0.644. The summed E-state index contributed by atoms with van der Waals surface area (Å²) < 4.78 is 0. The molecule has 1 heterocycles. The second kappa shape index (κ2) is 9.69. The first kappa shape index (κ1) is 20.4. The van der Waals surface area contributed by atoms with Crippen LogP contribution in [0.1, 0.15) is 47.9 Å². The first-order valence-electron chi connectivity index (χ1n) is 9.45. The first-order chi connectivity index (χ1) is 12.3. The molecule has 0 aliphatic carbocycles. The molecular formula is C20H32N4O2. The number of benzene rings is 1. The highest BCUT2D eigenvalue weighted by molar-refractivity contribution is 5.97. The van der Waals surface area contributed by atoms with Gasteiger partial charge in [-0.05, 0) is 42.6 Å². The van der Waals surface area contributed by atoms with Gasteiger partial charge in [0.15, 0.2) is 0 Å². The summed E-state index contributed by atoms with van der Waals surface area (Å²) >= 11 is 0. The van der Waals surface area contributed by atoms with Crippen LogP contribution in [0.3, 0.4) is 0 Å². The Bertz CT molecular complexity index is 587. The summed E-state index contributed by atoms with van der Waals surface area (Å²) in [4.78, 5) is 26.7. The van der Waals surface area contributed by atoms with Gasteiger partial charge in [0.2, 0.25) is 0 Å². The van der Waals surface area contributed by atoms with Gasteiger partial charge in [-0.1, -0.05) is 20.8 Å². The van der Waals surface area contributed by atoms with Gasteiger partial charge in [-0.3, -0.25) is 9.59 Å². The summed E-state index contributed by atoms with van der Waals surface area (Å²) in [5, 5.41) is 9.20. The maximum absolute atomic E-state index is 12.2. The first-order valence-corrected chi connectivity index (χ1v) is 9.45. The summed E-state index contributed by atoms with van der Waals surface area (Å²) in [7, 11) is 0. The summed E-state index contributed by atoms with van der Waals surface area (Å²) in [6.45, 7) is 12.7. The van der Waals surface area contributed by atoms with E-state index < -0.39 is 0 Å². The molecule has 144 valence electrons. The monoisotopic (exact) mass is 360 g/mol. The van der Waals surface area contributed by atoms with E-state index in [2.05, 4.69) is 41.6 Å². The number of carbonyl (C=O) groups is 2. The molecule has 0 unspecified atom stereocenters. The van der Waals surface area contributed by atoms with Crippen molar-refractivity contribution in [1.29, 1.82) is 0 Å². The number of nitrogens with zero attached hydrogens (tertiary/aromatic N) is 1. The van der Waals surface area contributed by atoms with Crippen molar-refractivity contribution in [3.63, 3.8) is 0 Å². The number of rotatable bonds is 7. The summed E-state index contributed by atoms with van der Waals surface area (Å²) in [6.07, 6.45) is 0.943. The Hall–Kier alpha value is -1.92. The second-order valence-corrected chi connectivity index (χ2v) is 8.02. The fraction of sp³-hybridized carbons (Fsp3) is 0.600. The highest BCUT2D eigenvalue weighted by Gasteiger charge is 2.14. The van der Waals surface area contributed by atoms with Crippen LogP contribution in [0, 0.1) is 5.41 Å². The third kappa shape index (κ3) is 7.14. The molecule has 1 aliphatic heterocycles. The van der Waals surface area contributed by atoms with Gasteiger partial charge >= 0.3 is 0 Å². The number of piperazine rings is 1. The van der Waals surface area contributed by atoms with Crippen molar-refractivity contribution in [3.8, 4) is 0 Å². The average Bonchev–Trinajstić information content (AvgIpc) is 2.63. The predicted molar refractivity (Wildman–Crippen MR) is 104 cm³/mol. The topological polar surface area (TPSA) is 73.5 Å². The van der Waals surface area contributed by atoms with E-state index in [-0.39, 0.29) is 17.2 Å². The van der Waals surface area contributed by atoms with Crippen molar-refractivity contribution >= 4 is 11.8 Å². The summed E-state index contributed by atoms with van der Waals surface area (Å²) in [6, 6.07) is 6.82. The molecule has 1 aliphatic rings. The summed E-state index contributed by atoms with van der Waals surface area (Å²) in [5.41, 5.74) is 1.20. The second-order valence-electron chi connectivity index (χ2n) is 8.02. The van der Waals surface area contributed by atoms with Crippen LogP contribution >= 0.6 is 0 Å². The molecule has 2 rings (SSSR count).